The SMILES string of the molecule is CC[N+](CC)(CC)CCOC(C)=O. The molecule has 0 bridgehead atoms. The summed E-state index contributed by atoms with van der Waals surface area (Å²) in [6, 6.07) is 0. The lowest BCUT2D eigenvalue weighted by molar-refractivity contribution is -0.923. The quantitative estimate of drug-likeness (QED) is 0.465. The number of quaternary nitrogens is 1. The summed E-state index contributed by atoms with van der Waals surface area (Å²) in [7, 11) is 0. The monoisotopic (exact) mass is 188 g/mol. The van der Waals surface area contributed by atoms with Gasteiger partial charge < -0.3 is 9.22 Å². The molecule has 0 saturated carbocycles. The summed E-state index contributed by atoms with van der Waals surface area (Å²) in [6.45, 7) is 12.8. The van der Waals surface area contributed by atoms with E-state index in [4.69, 9.17) is 4.74 Å². The number of likely N-dealkylation sites (N-methyl/N-ethyl adjacent to an activating group) is 1. The summed E-state index contributed by atoms with van der Waals surface area (Å²) >= 11 is 0. The fraction of sp³-hybridized carbons (Fsp3) is 0.900. The number of carbonyl (C=O) groups excluding carboxylic acids is 1. The van der Waals surface area contributed by atoms with Gasteiger partial charge in [0.2, 0.25) is 0 Å². The second-order valence-electron chi connectivity index (χ2n) is 3.35. The molecule has 0 amide bonds. The zero-order valence-corrected chi connectivity index (χ0v) is 9.30. The van der Waals surface area contributed by atoms with E-state index in [9.17, 15) is 4.79 Å². The first-order chi connectivity index (χ1) is 6.10. The molecule has 3 heteroatoms. The van der Waals surface area contributed by atoms with Gasteiger partial charge in [-0.15, -0.1) is 0 Å². The minimum absolute atomic E-state index is 0.179. The van der Waals surface area contributed by atoms with E-state index < -0.39 is 0 Å². The normalized spacial score (nSPS) is 11.4. The van der Waals surface area contributed by atoms with Crippen molar-refractivity contribution in [2.75, 3.05) is 32.8 Å². The molecule has 0 saturated heterocycles. The van der Waals surface area contributed by atoms with Crippen molar-refractivity contribution in [2.45, 2.75) is 27.7 Å². The molecule has 0 aliphatic heterocycles. The molecule has 0 aliphatic carbocycles. The first-order valence-corrected chi connectivity index (χ1v) is 5.08. The Morgan fingerprint density at radius 1 is 1.15 bits per heavy atom. The summed E-state index contributed by atoms with van der Waals surface area (Å²) in [5.41, 5.74) is 0. The molecular weight excluding hydrogens is 166 g/mol. The van der Waals surface area contributed by atoms with Gasteiger partial charge in [-0.3, -0.25) is 4.79 Å². The molecule has 0 aromatic carbocycles. The van der Waals surface area contributed by atoms with Crippen LogP contribution in [0.4, 0.5) is 0 Å². The van der Waals surface area contributed by atoms with Crippen molar-refractivity contribution < 1.29 is 14.0 Å². The number of hydrogen-bond acceptors (Lipinski definition) is 2. The van der Waals surface area contributed by atoms with E-state index in [2.05, 4.69) is 20.8 Å². The second kappa shape index (κ2) is 5.97. The van der Waals surface area contributed by atoms with Gasteiger partial charge in [0, 0.05) is 6.92 Å². The minimum Gasteiger partial charge on any atom is -0.460 e. The molecule has 0 aliphatic rings. The smallest absolute Gasteiger partial charge is 0.302 e. The Balaban J connectivity index is 3.88. The standard InChI is InChI=1S/C10H22NO2/c1-5-11(6-2,7-3)8-9-13-10(4)12/h5-9H2,1-4H3/q+1. The van der Waals surface area contributed by atoms with Crippen molar-refractivity contribution in [3.8, 4) is 0 Å². The van der Waals surface area contributed by atoms with Gasteiger partial charge in [0.15, 0.2) is 0 Å². The van der Waals surface area contributed by atoms with Gasteiger partial charge in [0.1, 0.15) is 13.2 Å². The Hall–Kier alpha value is -0.570. The van der Waals surface area contributed by atoms with Gasteiger partial charge in [-0.25, -0.2) is 0 Å². The van der Waals surface area contributed by atoms with Crippen molar-refractivity contribution in [2.24, 2.45) is 0 Å². The molecule has 0 atom stereocenters. The van der Waals surface area contributed by atoms with Crippen LogP contribution in [0.15, 0.2) is 0 Å². The van der Waals surface area contributed by atoms with Crippen molar-refractivity contribution in [3.05, 3.63) is 0 Å². The van der Waals surface area contributed by atoms with E-state index in [0.29, 0.717) is 6.61 Å². The molecule has 78 valence electrons. The lowest BCUT2D eigenvalue weighted by Gasteiger charge is -2.35. The Morgan fingerprint density at radius 3 is 1.92 bits per heavy atom. The molecule has 3 nitrogen and oxygen atoms in total. The van der Waals surface area contributed by atoms with Crippen LogP contribution in [0.3, 0.4) is 0 Å². The maximum atomic E-state index is 10.6. The lowest BCUT2D eigenvalue weighted by Crippen LogP contribution is -2.49. The molecule has 0 unspecified atom stereocenters. The summed E-state index contributed by atoms with van der Waals surface area (Å²) in [5.74, 6) is -0.179. The Morgan fingerprint density at radius 2 is 1.62 bits per heavy atom. The third kappa shape index (κ3) is 4.27. The van der Waals surface area contributed by atoms with E-state index in [1.165, 1.54) is 6.92 Å². The predicted molar refractivity (Wildman–Crippen MR) is 53.4 cm³/mol. The van der Waals surface area contributed by atoms with E-state index >= 15 is 0 Å². The van der Waals surface area contributed by atoms with Gasteiger partial charge in [-0.05, 0) is 20.8 Å². The average Bonchev–Trinajstić information content (AvgIpc) is 2.13. The molecule has 0 heterocycles. The minimum atomic E-state index is -0.179. The summed E-state index contributed by atoms with van der Waals surface area (Å²) < 4.78 is 5.98. The molecule has 13 heavy (non-hydrogen) atoms. The molecule has 0 spiro atoms. The average molecular weight is 188 g/mol. The van der Waals surface area contributed by atoms with E-state index in [1.54, 1.807) is 0 Å². The topological polar surface area (TPSA) is 26.3 Å². The molecule has 0 aromatic rings. The van der Waals surface area contributed by atoms with Gasteiger partial charge in [0.25, 0.3) is 0 Å². The largest absolute Gasteiger partial charge is 0.460 e. The Labute approximate surface area is 81.3 Å². The summed E-state index contributed by atoms with van der Waals surface area (Å²) in [5, 5.41) is 0. The number of carbonyl (C=O) groups is 1. The van der Waals surface area contributed by atoms with Crippen LogP contribution >= 0.6 is 0 Å². The van der Waals surface area contributed by atoms with Crippen molar-refractivity contribution in [1.29, 1.82) is 0 Å². The highest BCUT2D eigenvalue weighted by molar-refractivity contribution is 5.65. The van der Waals surface area contributed by atoms with Crippen LogP contribution < -0.4 is 0 Å². The van der Waals surface area contributed by atoms with Crippen LogP contribution in [0, 0.1) is 0 Å². The highest BCUT2D eigenvalue weighted by Gasteiger charge is 2.20. The second-order valence-corrected chi connectivity index (χ2v) is 3.35. The van der Waals surface area contributed by atoms with Crippen LogP contribution in [0.2, 0.25) is 0 Å². The fourth-order valence-corrected chi connectivity index (χ4v) is 1.53. The number of hydrogen-bond donors (Lipinski definition) is 0. The third-order valence-corrected chi connectivity index (χ3v) is 2.88. The molecular formula is C10H22NO2+. The number of nitrogens with zero attached hydrogens (tertiary/aromatic N) is 1. The first kappa shape index (κ1) is 12.4. The van der Waals surface area contributed by atoms with Gasteiger partial charge in [-0.1, -0.05) is 0 Å². The van der Waals surface area contributed by atoms with Crippen LogP contribution in [0.1, 0.15) is 27.7 Å². The Kier molecular flexibility index (Phi) is 5.71. The summed E-state index contributed by atoms with van der Waals surface area (Å²) in [6.07, 6.45) is 0. The van der Waals surface area contributed by atoms with E-state index in [0.717, 1.165) is 30.7 Å². The van der Waals surface area contributed by atoms with Crippen LogP contribution in [0.25, 0.3) is 0 Å². The number of esters is 1. The molecule has 0 N–H and O–H groups in total. The van der Waals surface area contributed by atoms with Crippen molar-refractivity contribution >= 4 is 5.97 Å². The zero-order chi connectivity index (χ0) is 10.3. The van der Waals surface area contributed by atoms with Crippen molar-refractivity contribution in [1.82, 2.24) is 0 Å². The highest BCUT2D eigenvalue weighted by Crippen LogP contribution is 2.04. The number of ether oxygens (including phenoxy) is 1. The molecule has 0 fully saturated rings. The van der Waals surface area contributed by atoms with E-state index in [1.807, 2.05) is 0 Å². The van der Waals surface area contributed by atoms with E-state index in [-0.39, 0.29) is 5.97 Å². The zero-order valence-electron chi connectivity index (χ0n) is 9.30. The van der Waals surface area contributed by atoms with Gasteiger partial charge in [0.05, 0.1) is 19.6 Å². The maximum Gasteiger partial charge on any atom is 0.302 e. The molecule has 0 rings (SSSR count). The van der Waals surface area contributed by atoms with Gasteiger partial charge >= 0.3 is 5.97 Å². The van der Waals surface area contributed by atoms with Crippen LogP contribution in [0.5, 0.6) is 0 Å². The third-order valence-electron chi connectivity index (χ3n) is 2.88. The highest BCUT2D eigenvalue weighted by atomic mass is 16.5. The lowest BCUT2D eigenvalue weighted by atomic mass is 10.3. The van der Waals surface area contributed by atoms with Crippen molar-refractivity contribution in [3.63, 3.8) is 0 Å². The molecule has 0 radical (unpaired) electrons. The van der Waals surface area contributed by atoms with Gasteiger partial charge in [-0.2, -0.15) is 0 Å². The molecule has 0 aromatic heterocycles. The number of rotatable bonds is 6. The first-order valence-electron chi connectivity index (χ1n) is 5.08. The van der Waals surface area contributed by atoms with Crippen LogP contribution in [-0.2, 0) is 9.53 Å². The summed E-state index contributed by atoms with van der Waals surface area (Å²) in [4.78, 5) is 10.6. The Bertz CT molecular complexity index is 145. The fourth-order valence-electron chi connectivity index (χ4n) is 1.53. The predicted octanol–water partition coefficient (Wildman–Crippen LogP) is 1.43. The van der Waals surface area contributed by atoms with Crippen LogP contribution in [-0.4, -0.2) is 43.2 Å². The maximum absolute atomic E-state index is 10.6.